The Kier molecular flexibility index (Phi) is 2.37. The normalized spacial score (nSPS) is 31.2. The summed E-state index contributed by atoms with van der Waals surface area (Å²) in [6.07, 6.45) is 2.19. The van der Waals surface area contributed by atoms with E-state index >= 15 is 0 Å². The highest BCUT2D eigenvalue weighted by Crippen LogP contribution is 2.43. The van der Waals surface area contributed by atoms with E-state index in [0.717, 1.165) is 18.6 Å². The Morgan fingerprint density at radius 1 is 1.50 bits per heavy atom. The van der Waals surface area contributed by atoms with Gasteiger partial charge in [0.1, 0.15) is 5.75 Å². The maximum Gasteiger partial charge on any atom is 0.119 e. The maximum atomic E-state index is 9.17. The molecular formula is C13H17NO2. The first kappa shape index (κ1) is 10.1. The van der Waals surface area contributed by atoms with Crippen molar-refractivity contribution in [3.8, 4) is 5.75 Å². The van der Waals surface area contributed by atoms with E-state index < -0.39 is 0 Å². The van der Waals surface area contributed by atoms with Crippen molar-refractivity contribution >= 4 is 0 Å². The largest absolute Gasteiger partial charge is 0.497 e. The van der Waals surface area contributed by atoms with E-state index in [0.29, 0.717) is 12.0 Å². The summed E-state index contributed by atoms with van der Waals surface area (Å²) in [4.78, 5) is 0. The van der Waals surface area contributed by atoms with E-state index in [1.165, 1.54) is 11.1 Å². The summed E-state index contributed by atoms with van der Waals surface area (Å²) < 4.78 is 5.24. The van der Waals surface area contributed by atoms with Crippen LogP contribution >= 0.6 is 0 Å². The third-order valence-corrected chi connectivity index (χ3v) is 3.86. The fraction of sp³-hybridized carbons (Fsp3) is 0.538. The van der Waals surface area contributed by atoms with Gasteiger partial charge in [-0.15, -0.1) is 0 Å². The van der Waals surface area contributed by atoms with Crippen LogP contribution in [-0.4, -0.2) is 24.9 Å². The smallest absolute Gasteiger partial charge is 0.119 e. The molecule has 0 bridgehead atoms. The van der Waals surface area contributed by atoms with Crippen LogP contribution in [0.3, 0.4) is 0 Å². The highest BCUT2D eigenvalue weighted by molar-refractivity contribution is 5.42. The molecule has 1 aromatic rings. The highest BCUT2D eigenvalue weighted by Gasteiger charge is 2.39. The number of aliphatic hydroxyl groups excluding tert-OH is 1. The summed E-state index contributed by atoms with van der Waals surface area (Å²) in [7, 11) is 1.71. The lowest BCUT2D eigenvalue weighted by molar-refractivity contribution is 0.250. The summed E-state index contributed by atoms with van der Waals surface area (Å²) in [5.74, 6) is 1.59. The van der Waals surface area contributed by atoms with Gasteiger partial charge in [-0.05, 0) is 42.0 Å². The Bertz CT molecular complexity index is 405. The number of hydrogen-bond acceptors (Lipinski definition) is 3. The zero-order valence-electron chi connectivity index (χ0n) is 9.44. The summed E-state index contributed by atoms with van der Waals surface area (Å²) in [5.41, 5.74) is 2.79. The third kappa shape index (κ3) is 1.43. The van der Waals surface area contributed by atoms with Gasteiger partial charge in [-0.25, -0.2) is 0 Å². The Balaban J connectivity index is 1.89. The van der Waals surface area contributed by atoms with Crippen LogP contribution < -0.4 is 10.1 Å². The van der Waals surface area contributed by atoms with Gasteiger partial charge in [0.05, 0.1) is 13.7 Å². The van der Waals surface area contributed by atoms with Crippen LogP contribution in [0.2, 0.25) is 0 Å². The zero-order chi connectivity index (χ0) is 11.1. The number of nitrogens with one attached hydrogen (secondary N) is 1. The van der Waals surface area contributed by atoms with Crippen LogP contribution in [0.15, 0.2) is 18.2 Å². The fourth-order valence-electron chi connectivity index (χ4n) is 3.10. The second-order valence-corrected chi connectivity index (χ2v) is 4.79. The molecule has 3 rings (SSSR count). The molecule has 1 fully saturated rings. The van der Waals surface area contributed by atoms with E-state index in [9.17, 15) is 0 Å². The molecule has 16 heavy (non-hydrogen) atoms. The number of rotatable bonds is 2. The van der Waals surface area contributed by atoms with Crippen molar-refractivity contribution in [1.29, 1.82) is 0 Å². The van der Waals surface area contributed by atoms with Gasteiger partial charge in [0.15, 0.2) is 0 Å². The van der Waals surface area contributed by atoms with E-state index in [4.69, 9.17) is 9.84 Å². The van der Waals surface area contributed by atoms with Gasteiger partial charge in [-0.1, -0.05) is 6.07 Å². The molecule has 1 aliphatic heterocycles. The quantitative estimate of drug-likeness (QED) is 0.787. The van der Waals surface area contributed by atoms with Crippen molar-refractivity contribution in [3.05, 3.63) is 29.3 Å². The van der Waals surface area contributed by atoms with Crippen molar-refractivity contribution in [2.45, 2.75) is 24.9 Å². The van der Waals surface area contributed by atoms with Crippen LogP contribution in [0.4, 0.5) is 0 Å². The lowest BCUT2D eigenvalue weighted by atomic mass is 10.0. The summed E-state index contributed by atoms with van der Waals surface area (Å²) >= 11 is 0. The second kappa shape index (κ2) is 3.75. The minimum absolute atomic E-state index is 0.249. The van der Waals surface area contributed by atoms with Gasteiger partial charge in [0.2, 0.25) is 0 Å². The number of ether oxygens (including phenoxy) is 1. The lowest BCUT2D eigenvalue weighted by Gasteiger charge is -2.13. The van der Waals surface area contributed by atoms with Crippen LogP contribution in [0.5, 0.6) is 5.75 Å². The molecule has 1 aliphatic carbocycles. The topological polar surface area (TPSA) is 41.5 Å². The maximum absolute atomic E-state index is 9.17. The number of fused-ring (bicyclic) bond motifs is 3. The molecule has 1 saturated heterocycles. The molecular weight excluding hydrogens is 202 g/mol. The number of benzene rings is 1. The fourth-order valence-corrected chi connectivity index (χ4v) is 3.10. The van der Waals surface area contributed by atoms with Crippen molar-refractivity contribution in [2.24, 2.45) is 5.92 Å². The molecule has 86 valence electrons. The first-order chi connectivity index (χ1) is 7.81. The van der Waals surface area contributed by atoms with E-state index in [1.807, 2.05) is 6.07 Å². The molecule has 1 heterocycles. The Labute approximate surface area is 95.4 Å². The highest BCUT2D eigenvalue weighted by atomic mass is 16.5. The standard InChI is InChI=1S/C13H17NO2/c1-16-11-2-3-12-8(6-11)4-9-5-10(7-15)14-13(9)12/h2-3,6,9-10,13-15H,4-5,7H2,1H3/t9-,10+,13+/m1/s1. The molecule has 0 saturated carbocycles. The molecule has 0 aromatic heterocycles. The molecule has 2 aliphatic rings. The summed E-state index contributed by atoms with van der Waals surface area (Å²) in [6, 6.07) is 7.05. The van der Waals surface area contributed by atoms with E-state index in [1.54, 1.807) is 7.11 Å². The van der Waals surface area contributed by atoms with Crippen molar-refractivity contribution in [1.82, 2.24) is 5.32 Å². The van der Waals surface area contributed by atoms with Crippen LogP contribution in [0, 0.1) is 5.92 Å². The van der Waals surface area contributed by atoms with Crippen molar-refractivity contribution in [2.75, 3.05) is 13.7 Å². The predicted molar refractivity (Wildman–Crippen MR) is 61.6 cm³/mol. The first-order valence-electron chi connectivity index (χ1n) is 5.85. The minimum atomic E-state index is 0.249. The summed E-state index contributed by atoms with van der Waals surface area (Å²) in [6.45, 7) is 0.249. The Morgan fingerprint density at radius 2 is 2.38 bits per heavy atom. The van der Waals surface area contributed by atoms with E-state index in [2.05, 4.69) is 17.4 Å². The monoisotopic (exact) mass is 219 g/mol. The zero-order valence-corrected chi connectivity index (χ0v) is 9.44. The summed E-state index contributed by atoms with van der Waals surface area (Å²) in [5, 5.41) is 12.7. The number of hydrogen-bond donors (Lipinski definition) is 2. The molecule has 2 N–H and O–H groups in total. The minimum Gasteiger partial charge on any atom is -0.497 e. The van der Waals surface area contributed by atoms with Crippen molar-refractivity contribution in [3.63, 3.8) is 0 Å². The van der Waals surface area contributed by atoms with Gasteiger partial charge in [-0.3, -0.25) is 0 Å². The predicted octanol–water partition coefficient (Wildman–Crippen LogP) is 1.26. The molecule has 3 heteroatoms. The SMILES string of the molecule is COc1ccc2c(c1)C[C@@H]1C[C@@H](CO)N[C@H]21. The Hall–Kier alpha value is -1.06. The van der Waals surface area contributed by atoms with Crippen molar-refractivity contribution < 1.29 is 9.84 Å². The molecule has 1 aromatic carbocycles. The van der Waals surface area contributed by atoms with Gasteiger partial charge >= 0.3 is 0 Å². The molecule has 3 nitrogen and oxygen atoms in total. The van der Waals surface area contributed by atoms with Gasteiger partial charge in [0, 0.05) is 12.1 Å². The van der Waals surface area contributed by atoms with Gasteiger partial charge in [0.25, 0.3) is 0 Å². The third-order valence-electron chi connectivity index (χ3n) is 3.86. The molecule has 3 atom stereocenters. The average molecular weight is 219 g/mol. The van der Waals surface area contributed by atoms with Crippen LogP contribution in [0.25, 0.3) is 0 Å². The molecule has 0 radical (unpaired) electrons. The lowest BCUT2D eigenvalue weighted by Crippen LogP contribution is -2.27. The Morgan fingerprint density at radius 3 is 3.12 bits per heavy atom. The molecule has 0 amide bonds. The first-order valence-corrected chi connectivity index (χ1v) is 5.85. The molecule has 0 unspecified atom stereocenters. The second-order valence-electron chi connectivity index (χ2n) is 4.79. The number of methoxy groups -OCH3 is 1. The van der Waals surface area contributed by atoms with Gasteiger partial charge in [-0.2, -0.15) is 0 Å². The average Bonchev–Trinajstić information content (AvgIpc) is 2.84. The van der Waals surface area contributed by atoms with Gasteiger partial charge < -0.3 is 15.2 Å². The number of aliphatic hydroxyl groups is 1. The van der Waals surface area contributed by atoms with Crippen LogP contribution in [-0.2, 0) is 6.42 Å². The van der Waals surface area contributed by atoms with E-state index in [-0.39, 0.29) is 12.6 Å². The van der Waals surface area contributed by atoms with Crippen LogP contribution in [0.1, 0.15) is 23.6 Å². The molecule has 0 spiro atoms.